The lowest BCUT2D eigenvalue weighted by atomic mass is 10.3. The summed E-state index contributed by atoms with van der Waals surface area (Å²) in [6.07, 6.45) is 1.51. The van der Waals surface area contributed by atoms with Crippen molar-refractivity contribution in [1.29, 1.82) is 0 Å². The van der Waals surface area contributed by atoms with Crippen LogP contribution in [0.5, 0.6) is 0 Å². The van der Waals surface area contributed by atoms with Gasteiger partial charge >= 0.3 is 0 Å². The third kappa shape index (κ3) is 2.39. The molecule has 0 saturated heterocycles. The first-order valence-corrected chi connectivity index (χ1v) is 6.34. The number of nitrogen functional groups attached to an aromatic ring is 1. The number of rotatable bonds is 3. The van der Waals surface area contributed by atoms with Crippen molar-refractivity contribution in [3.63, 3.8) is 0 Å². The van der Waals surface area contributed by atoms with Gasteiger partial charge in [-0.05, 0) is 18.2 Å². The molecule has 1 heterocycles. The molecule has 2 aromatic rings. The summed E-state index contributed by atoms with van der Waals surface area (Å²) >= 11 is 0. The molecule has 0 unspecified atom stereocenters. The van der Waals surface area contributed by atoms with Gasteiger partial charge in [0.1, 0.15) is 5.82 Å². The van der Waals surface area contributed by atoms with E-state index in [1.807, 2.05) is 0 Å². The molecule has 0 saturated carbocycles. The number of nitrogens with two attached hydrogens (primary N) is 1. The Morgan fingerprint density at radius 3 is 2.71 bits per heavy atom. The van der Waals surface area contributed by atoms with Crippen LogP contribution in [0.4, 0.5) is 11.5 Å². The minimum atomic E-state index is -3.62. The predicted octanol–water partition coefficient (Wildman–Crippen LogP) is 0.803. The monoisotopic (exact) mass is 252 g/mol. The van der Waals surface area contributed by atoms with Gasteiger partial charge in [0, 0.05) is 18.8 Å². The maximum Gasteiger partial charge on any atom is 0.263 e. The standard InChI is InChI=1S/C10H12N4O2S/c1-14-10(5-6-12-14)13-17(15,16)9-4-2-3-8(11)7-9/h2-7,13H,11H2,1H3. The average molecular weight is 252 g/mol. The largest absolute Gasteiger partial charge is 0.399 e. The van der Waals surface area contributed by atoms with E-state index in [1.165, 1.54) is 23.0 Å². The van der Waals surface area contributed by atoms with Crippen molar-refractivity contribution in [1.82, 2.24) is 9.78 Å². The van der Waals surface area contributed by atoms with E-state index in [0.717, 1.165) is 0 Å². The molecular formula is C10H12N4O2S. The normalized spacial score (nSPS) is 11.4. The Balaban J connectivity index is 2.35. The number of nitrogens with one attached hydrogen (secondary N) is 1. The van der Waals surface area contributed by atoms with Gasteiger partial charge in [0.25, 0.3) is 10.0 Å². The molecule has 0 fully saturated rings. The van der Waals surface area contributed by atoms with Crippen LogP contribution in [0, 0.1) is 0 Å². The minimum Gasteiger partial charge on any atom is -0.399 e. The van der Waals surface area contributed by atoms with E-state index in [4.69, 9.17) is 5.73 Å². The van der Waals surface area contributed by atoms with Crippen LogP contribution in [0.15, 0.2) is 41.4 Å². The molecule has 0 bridgehead atoms. The third-order valence-electron chi connectivity index (χ3n) is 2.23. The first-order chi connectivity index (χ1) is 7.99. The van der Waals surface area contributed by atoms with Crippen LogP contribution in [0.25, 0.3) is 0 Å². The van der Waals surface area contributed by atoms with Crippen molar-refractivity contribution in [2.24, 2.45) is 7.05 Å². The second-order valence-electron chi connectivity index (χ2n) is 3.52. The number of sulfonamides is 1. The van der Waals surface area contributed by atoms with Crippen molar-refractivity contribution in [3.8, 4) is 0 Å². The highest BCUT2D eigenvalue weighted by Gasteiger charge is 2.15. The number of anilines is 2. The van der Waals surface area contributed by atoms with E-state index in [2.05, 4.69) is 9.82 Å². The van der Waals surface area contributed by atoms with Crippen LogP contribution in [-0.2, 0) is 17.1 Å². The van der Waals surface area contributed by atoms with Gasteiger partial charge in [-0.2, -0.15) is 5.10 Å². The highest BCUT2D eigenvalue weighted by atomic mass is 32.2. The van der Waals surface area contributed by atoms with Crippen LogP contribution in [0.1, 0.15) is 0 Å². The second-order valence-corrected chi connectivity index (χ2v) is 5.20. The lowest BCUT2D eigenvalue weighted by Gasteiger charge is -2.08. The van der Waals surface area contributed by atoms with Gasteiger partial charge in [0.2, 0.25) is 0 Å². The molecule has 7 heteroatoms. The summed E-state index contributed by atoms with van der Waals surface area (Å²) < 4.78 is 27.9. The van der Waals surface area contributed by atoms with E-state index < -0.39 is 10.0 Å². The zero-order valence-corrected chi connectivity index (χ0v) is 9.98. The van der Waals surface area contributed by atoms with E-state index in [0.29, 0.717) is 11.5 Å². The number of aryl methyl sites for hydroxylation is 1. The van der Waals surface area contributed by atoms with Gasteiger partial charge in [0.15, 0.2) is 0 Å². The minimum absolute atomic E-state index is 0.124. The molecule has 1 aromatic heterocycles. The van der Waals surface area contributed by atoms with Crippen molar-refractivity contribution in [3.05, 3.63) is 36.5 Å². The van der Waals surface area contributed by atoms with Gasteiger partial charge in [0.05, 0.1) is 11.1 Å². The SMILES string of the molecule is Cn1nccc1NS(=O)(=O)c1cccc(N)c1. The molecule has 2 rings (SSSR count). The summed E-state index contributed by atoms with van der Waals surface area (Å²) in [5.74, 6) is 0.396. The van der Waals surface area contributed by atoms with Crippen LogP contribution in [0.3, 0.4) is 0 Å². The topological polar surface area (TPSA) is 90.0 Å². The zero-order valence-electron chi connectivity index (χ0n) is 9.16. The Bertz CT molecular complexity index is 633. The Labute approximate surface area is 99.1 Å². The molecule has 1 aromatic carbocycles. The van der Waals surface area contributed by atoms with Gasteiger partial charge in [-0.25, -0.2) is 8.42 Å². The molecule has 0 aliphatic rings. The molecule has 0 aliphatic heterocycles. The van der Waals surface area contributed by atoms with Crippen molar-refractivity contribution in [2.45, 2.75) is 4.90 Å². The van der Waals surface area contributed by atoms with Gasteiger partial charge in [-0.15, -0.1) is 0 Å². The van der Waals surface area contributed by atoms with Crippen LogP contribution >= 0.6 is 0 Å². The summed E-state index contributed by atoms with van der Waals surface area (Å²) in [6.45, 7) is 0. The molecule has 90 valence electrons. The van der Waals surface area contributed by atoms with Crippen molar-refractivity contribution in [2.75, 3.05) is 10.5 Å². The molecule has 6 nitrogen and oxygen atoms in total. The summed E-state index contributed by atoms with van der Waals surface area (Å²) in [5.41, 5.74) is 5.95. The lowest BCUT2D eigenvalue weighted by Crippen LogP contribution is -2.15. The average Bonchev–Trinajstić information content (AvgIpc) is 2.64. The number of nitrogens with zero attached hydrogens (tertiary/aromatic N) is 2. The second kappa shape index (κ2) is 4.10. The Morgan fingerprint density at radius 1 is 1.35 bits per heavy atom. The van der Waals surface area contributed by atoms with E-state index in [9.17, 15) is 8.42 Å². The highest BCUT2D eigenvalue weighted by molar-refractivity contribution is 7.92. The fourth-order valence-electron chi connectivity index (χ4n) is 1.35. The molecule has 3 N–H and O–H groups in total. The molecular weight excluding hydrogens is 240 g/mol. The maximum absolute atomic E-state index is 12.0. The fourth-order valence-corrected chi connectivity index (χ4v) is 2.49. The van der Waals surface area contributed by atoms with E-state index in [1.54, 1.807) is 25.2 Å². The molecule has 0 atom stereocenters. The summed E-state index contributed by atoms with van der Waals surface area (Å²) in [7, 11) is -1.97. The van der Waals surface area contributed by atoms with Crippen LogP contribution in [0.2, 0.25) is 0 Å². The zero-order chi connectivity index (χ0) is 12.5. The van der Waals surface area contributed by atoms with E-state index in [-0.39, 0.29) is 4.90 Å². The summed E-state index contributed by atoms with van der Waals surface area (Å²) in [4.78, 5) is 0.124. The van der Waals surface area contributed by atoms with Gasteiger partial charge in [-0.1, -0.05) is 6.07 Å². The fraction of sp³-hybridized carbons (Fsp3) is 0.100. The Morgan fingerprint density at radius 2 is 2.12 bits per heavy atom. The smallest absolute Gasteiger partial charge is 0.263 e. The van der Waals surface area contributed by atoms with Gasteiger partial charge < -0.3 is 5.73 Å². The molecule has 0 amide bonds. The Kier molecular flexibility index (Phi) is 2.76. The first-order valence-electron chi connectivity index (χ1n) is 4.85. The molecule has 0 spiro atoms. The summed E-state index contributed by atoms with van der Waals surface area (Å²) in [6, 6.07) is 7.67. The highest BCUT2D eigenvalue weighted by Crippen LogP contribution is 2.16. The number of hydrogen-bond donors (Lipinski definition) is 2. The predicted molar refractivity (Wildman–Crippen MR) is 64.9 cm³/mol. The Hall–Kier alpha value is -2.02. The quantitative estimate of drug-likeness (QED) is 0.791. The van der Waals surface area contributed by atoms with Crippen molar-refractivity contribution >= 4 is 21.5 Å². The first kappa shape index (κ1) is 11.5. The molecule has 17 heavy (non-hydrogen) atoms. The number of benzene rings is 1. The van der Waals surface area contributed by atoms with Crippen LogP contribution in [-0.4, -0.2) is 18.2 Å². The van der Waals surface area contributed by atoms with Crippen LogP contribution < -0.4 is 10.5 Å². The number of hydrogen-bond acceptors (Lipinski definition) is 4. The third-order valence-corrected chi connectivity index (χ3v) is 3.58. The van der Waals surface area contributed by atoms with Crippen molar-refractivity contribution < 1.29 is 8.42 Å². The molecule has 0 radical (unpaired) electrons. The van der Waals surface area contributed by atoms with Gasteiger partial charge in [-0.3, -0.25) is 9.40 Å². The molecule has 0 aliphatic carbocycles. The van der Waals surface area contributed by atoms with E-state index >= 15 is 0 Å². The summed E-state index contributed by atoms with van der Waals surface area (Å²) in [5, 5.41) is 3.88. The lowest BCUT2D eigenvalue weighted by molar-refractivity contribution is 0.600. The number of aromatic nitrogens is 2. The maximum atomic E-state index is 12.0.